The second-order valence-electron chi connectivity index (χ2n) is 4.60. The Bertz CT molecular complexity index is 517. The standard InChI is InChI=1S/C12H13F2NO4/c1-6(2)3-9(12(16)17)8-4-7(13)5-10(14)11(8)15(18)19/h4-6,9H,3H2,1-2H3,(H,16,17). The molecule has 0 aliphatic heterocycles. The summed E-state index contributed by atoms with van der Waals surface area (Å²) in [5, 5.41) is 19.9. The Morgan fingerprint density at radius 3 is 2.42 bits per heavy atom. The third-order valence-corrected chi connectivity index (χ3v) is 2.62. The number of halogens is 2. The van der Waals surface area contributed by atoms with E-state index in [4.69, 9.17) is 5.11 Å². The number of hydrogen-bond acceptors (Lipinski definition) is 3. The molecule has 0 amide bonds. The summed E-state index contributed by atoms with van der Waals surface area (Å²) in [5.41, 5.74) is -1.42. The summed E-state index contributed by atoms with van der Waals surface area (Å²) in [7, 11) is 0. The lowest BCUT2D eigenvalue weighted by molar-refractivity contribution is -0.388. The lowest BCUT2D eigenvalue weighted by Crippen LogP contribution is -2.16. The Balaban J connectivity index is 3.44. The van der Waals surface area contributed by atoms with Crippen LogP contribution in [0.25, 0.3) is 0 Å². The van der Waals surface area contributed by atoms with Gasteiger partial charge in [-0.2, -0.15) is 4.39 Å². The van der Waals surface area contributed by atoms with Gasteiger partial charge in [-0.05, 0) is 18.4 Å². The van der Waals surface area contributed by atoms with Gasteiger partial charge in [0, 0.05) is 6.07 Å². The Labute approximate surface area is 108 Å². The van der Waals surface area contributed by atoms with Crippen LogP contribution < -0.4 is 0 Å². The number of carbonyl (C=O) groups is 1. The van der Waals surface area contributed by atoms with Crippen LogP contribution in [0.3, 0.4) is 0 Å². The van der Waals surface area contributed by atoms with Crippen molar-refractivity contribution in [1.82, 2.24) is 0 Å². The minimum absolute atomic E-state index is 0.0546. The maximum Gasteiger partial charge on any atom is 0.311 e. The van der Waals surface area contributed by atoms with Crippen molar-refractivity contribution < 1.29 is 23.6 Å². The molecule has 7 heteroatoms. The van der Waals surface area contributed by atoms with Crippen LogP contribution in [0.4, 0.5) is 14.5 Å². The first-order chi connectivity index (χ1) is 8.73. The van der Waals surface area contributed by atoms with Crippen LogP contribution in [0.15, 0.2) is 12.1 Å². The zero-order valence-electron chi connectivity index (χ0n) is 10.4. The molecule has 0 saturated heterocycles. The molecule has 0 aromatic heterocycles. The molecule has 5 nitrogen and oxygen atoms in total. The van der Waals surface area contributed by atoms with E-state index < -0.39 is 39.7 Å². The topological polar surface area (TPSA) is 80.4 Å². The minimum atomic E-state index is -1.37. The van der Waals surface area contributed by atoms with Gasteiger partial charge >= 0.3 is 11.7 Å². The summed E-state index contributed by atoms with van der Waals surface area (Å²) in [5.74, 6) is -5.15. The van der Waals surface area contributed by atoms with Gasteiger partial charge in [-0.25, -0.2) is 4.39 Å². The Hall–Kier alpha value is -2.05. The first-order valence-corrected chi connectivity index (χ1v) is 5.60. The number of nitro groups is 1. The van der Waals surface area contributed by atoms with Gasteiger partial charge in [0.25, 0.3) is 0 Å². The molecule has 0 aliphatic carbocycles. The van der Waals surface area contributed by atoms with Gasteiger partial charge in [-0.3, -0.25) is 14.9 Å². The molecule has 19 heavy (non-hydrogen) atoms. The molecule has 1 N–H and O–H groups in total. The summed E-state index contributed by atoms with van der Waals surface area (Å²) in [4.78, 5) is 21.0. The molecule has 104 valence electrons. The summed E-state index contributed by atoms with van der Waals surface area (Å²) in [6, 6.07) is 1.08. The SMILES string of the molecule is CC(C)CC(C(=O)O)c1cc(F)cc(F)c1[N+](=O)[O-]. The molecule has 1 aromatic rings. The van der Waals surface area contributed by atoms with E-state index in [-0.39, 0.29) is 12.3 Å². The van der Waals surface area contributed by atoms with Gasteiger partial charge in [0.05, 0.1) is 16.4 Å². The molecule has 1 rings (SSSR count). The predicted octanol–water partition coefficient (Wildman–Crippen LogP) is 3.09. The maximum absolute atomic E-state index is 13.4. The molecule has 0 saturated carbocycles. The fourth-order valence-corrected chi connectivity index (χ4v) is 1.88. The zero-order chi connectivity index (χ0) is 14.7. The summed E-state index contributed by atoms with van der Waals surface area (Å²) < 4.78 is 26.6. The van der Waals surface area contributed by atoms with Gasteiger partial charge < -0.3 is 5.11 Å². The van der Waals surface area contributed by atoms with Crippen LogP contribution in [0.1, 0.15) is 31.7 Å². The van der Waals surface area contributed by atoms with Gasteiger partial charge in [0.1, 0.15) is 5.82 Å². The second-order valence-corrected chi connectivity index (χ2v) is 4.60. The first-order valence-electron chi connectivity index (χ1n) is 5.60. The predicted molar refractivity (Wildman–Crippen MR) is 62.8 cm³/mol. The Kier molecular flexibility index (Phi) is 4.52. The van der Waals surface area contributed by atoms with Crippen LogP contribution in [-0.4, -0.2) is 16.0 Å². The van der Waals surface area contributed by atoms with Gasteiger partial charge in [0.15, 0.2) is 0 Å². The third kappa shape index (κ3) is 3.46. The van der Waals surface area contributed by atoms with Gasteiger partial charge in [0.2, 0.25) is 5.82 Å². The molecule has 0 bridgehead atoms. The lowest BCUT2D eigenvalue weighted by atomic mass is 9.89. The lowest BCUT2D eigenvalue weighted by Gasteiger charge is -2.15. The Morgan fingerprint density at radius 2 is 2.00 bits per heavy atom. The number of benzene rings is 1. The quantitative estimate of drug-likeness (QED) is 0.660. The number of carboxylic acid groups (broad SMARTS) is 1. The molecule has 0 heterocycles. The largest absolute Gasteiger partial charge is 0.481 e. The van der Waals surface area contributed by atoms with Crippen LogP contribution in [0.2, 0.25) is 0 Å². The van der Waals surface area contributed by atoms with Gasteiger partial charge in [-0.15, -0.1) is 0 Å². The highest BCUT2D eigenvalue weighted by Crippen LogP contribution is 2.34. The molecule has 0 radical (unpaired) electrons. The van der Waals surface area contributed by atoms with Crippen LogP contribution in [-0.2, 0) is 4.79 Å². The molecule has 0 fully saturated rings. The molecular weight excluding hydrogens is 260 g/mol. The van der Waals surface area contributed by atoms with Crippen molar-refractivity contribution in [3.8, 4) is 0 Å². The molecule has 0 aliphatic rings. The van der Waals surface area contributed by atoms with Crippen molar-refractivity contribution in [3.05, 3.63) is 39.4 Å². The van der Waals surface area contributed by atoms with Crippen molar-refractivity contribution in [2.75, 3.05) is 0 Å². The molecular formula is C12H13F2NO4. The average Bonchev–Trinajstić information content (AvgIpc) is 2.23. The summed E-state index contributed by atoms with van der Waals surface area (Å²) in [6.07, 6.45) is 0.0546. The highest BCUT2D eigenvalue weighted by atomic mass is 19.1. The zero-order valence-corrected chi connectivity index (χ0v) is 10.4. The van der Waals surface area contributed by atoms with Crippen molar-refractivity contribution in [2.45, 2.75) is 26.2 Å². The number of rotatable bonds is 5. The molecule has 0 spiro atoms. The summed E-state index contributed by atoms with van der Waals surface area (Å²) in [6.45, 7) is 3.44. The first kappa shape index (κ1) is 15.0. The van der Waals surface area contributed by atoms with Crippen LogP contribution in [0, 0.1) is 27.7 Å². The second kappa shape index (κ2) is 5.73. The normalized spacial score (nSPS) is 12.5. The van der Waals surface area contributed by atoms with E-state index in [0.717, 1.165) is 0 Å². The van der Waals surface area contributed by atoms with Crippen molar-refractivity contribution in [1.29, 1.82) is 0 Å². The molecule has 1 atom stereocenters. The molecule has 1 unspecified atom stereocenters. The van der Waals surface area contributed by atoms with E-state index in [1.807, 2.05) is 0 Å². The number of aliphatic carboxylic acids is 1. The maximum atomic E-state index is 13.4. The molecule has 1 aromatic carbocycles. The van der Waals surface area contributed by atoms with Crippen molar-refractivity contribution in [2.24, 2.45) is 5.92 Å². The Morgan fingerprint density at radius 1 is 1.42 bits per heavy atom. The van der Waals surface area contributed by atoms with Crippen molar-refractivity contribution >= 4 is 11.7 Å². The highest BCUT2D eigenvalue weighted by molar-refractivity contribution is 5.78. The number of nitrogens with zero attached hydrogens (tertiary/aromatic N) is 1. The number of carboxylic acids is 1. The van der Waals surface area contributed by atoms with Gasteiger partial charge in [-0.1, -0.05) is 13.8 Å². The van der Waals surface area contributed by atoms with Crippen molar-refractivity contribution in [3.63, 3.8) is 0 Å². The number of hydrogen-bond donors (Lipinski definition) is 1. The third-order valence-electron chi connectivity index (χ3n) is 2.62. The van der Waals surface area contributed by atoms with E-state index in [1.165, 1.54) is 0 Å². The van der Waals surface area contributed by atoms with E-state index in [0.29, 0.717) is 12.1 Å². The average molecular weight is 273 g/mol. The monoisotopic (exact) mass is 273 g/mol. The fraction of sp³-hybridized carbons (Fsp3) is 0.417. The van der Waals surface area contributed by atoms with E-state index in [1.54, 1.807) is 13.8 Å². The fourth-order valence-electron chi connectivity index (χ4n) is 1.88. The van der Waals surface area contributed by atoms with E-state index >= 15 is 0 Å². The van der Waals surface area contributed by atoms with E-state index in [9.17, 15) is 23.7 Å². The van der Waals surface area contributed by atoms with Crippen LogP contribution in [0.5, 0.6) is 0 Å². The van der Waals surface area contributed by atoms with E-state index in [2.05, 4.69) is 0 Å². The minimum Gasteiger partial charge on any atom is -0.481 e. The smallest absolute Gasteiger partial charge is 0.311 e. The highest BCUT2D eigenvalue weighted by Gasteiger charge is 2.32. The number of nitro benzene ring substituents is 1. The van der Waals surface area contributed by atoms with Crippen LogP contribution >= 0.6 is 0 Å². The summed E-state index contributed by atoms with van der Waals surface area (Å²) >= 11 is 0.